The molecule has 0 saturated heterocycles. The van der Waals surface area contributed by atoms with E-state index in [1.165, 1.54) is 0 Å². The Kier molecular flexibility index (Phi) is 4.34. The highest BCUT2D eigenvalue weighted by molar-refractivity contribution is 7.88. The maximum absolute atomic E-state index is 11.9. The molecule has 102 valence electrons. The smallest absolute Gasteiger partial charge is 0.215 e. The van der Waals surface area contributed by atoms with Gasteiger partial charge in [-0.05, 0) is 24.1 Å². The molecule has 0 atom stereocenters. The molecule has 5 nitrogen and oxygen atoms in total. The number of aromatic nitrogens is 2. The van der Waals surface area contributed by atoms with Gasteiger partial charge in [-0.15, -0.1) is 0 Å². The van der Waals surface area contributed by atoms with Crippen LogP contribution >= 0.6 is 0 Å². The van der Waals surface area contributed by atoms with Crippen molar-refractivity contribution in [3.63, 3.8) is 0 Å². The fourth-order valence-electron chi connectivity index (χ4n) is 1.79. The molecule has 0 bridgehead atoms. The number of H-pyrrole nitrogens is 1. The fraction of sp³-hybridized carbons (Fsp3) is 0.308. The Bertz CT molecular complexity index is 621. The van der Waals surface area contributed by atoms with E-state index in [2.05, 4.69) is 14.9 Å². The lowest BCUT2D eigenvalue weighted by molar-refractivity contribution is 0.580. The van der Waals surface area contributed by atoms with Crippen LogP contribution in [0.25, 0.3) is 0 Å². The van der Waals surface area contributed by atoms with Crippen LogP contribution in [-0.4, -0.2) is 25.2 Å². The third-order valence-electron chi connectivity index (χ3n) is 2.88. The van der Waals surface area contributed by atoms with Gasteiger partial charge < -0.3 is 0 Å². The third kappa shape index (κ3) is 4.18. The number of rotatable bonds is 6. The van der Waals surface area contributed by atoms with Crippen molar-refractivity contribution in [3.8, 4) is 0 Å². The first-order valence-electron chi connectivity index (χ1n) is 6.07. The zero-order valence-corrected chi connectivity index (χ0v) is 11.6. The highest BCUT2D eigenvalue weighted by atomic mass is 32.2. The number of aromatic amines is 1. The molecule has 1 aromatic heterocycles. The predicted molar refractivity (Wildman–Crippen MR) is 74.1 cm³/mol. The van der Waals surface area contributed by atoms with Crippen LogP contribution in [0, 0.1) is 6.92 Å². The molecule has 0 aliphatic heterocycles. The molecule has 0 aliphatic carbocycles. The van der Waals surface area contributed by atoms with E-state index in [0.29, 0.717) is 13.0 Å². The molecule has 0 unspecified atom stereocenters. The summed E-state index contributed by atoms with van der Waals surface area (Å²) in [5, 5.41) is 6.61. The Morgan fingerprint density at radius 1 is 1.26 bits per heavy atom. The molecule has 2 aromatic rings. The Morgan fingerprint density at radius 3 is 2.74 bits per heavy atom. The number of hydrogen-bond acceptors (Lipinski definition) is 3. The molecule has 0 radical (unpaired) electrons. The Morgan fingerprint density at radius 2 is 2.05 bits per heavy atom. The summed E-state index contributed by atoms with van der Waals surface area (Å²) in [6, 6.07) is 9.33. The van der Waals surface area contributed by atoms with Gasteiger partial charge in [0, 0.05) is 24.9 Å². The number of hydrogen-bond donors (Lipinski definition) is 2. The maximum Gasteiger partial charge on any atom is 0.215 e. The zero-order valence-electron chi connectivity index (χ0n) is 10.8. The molecule has 0 fully saturated rings. The summed E-state index contributed by atoms with van der Waals surface area (Å²) in [7, 11) is -3.29. The highest BCUT2D eigenvalue weighted by Crippen LogP contribution is 2.10. The minimum absolute atomic E-state index is 0.0165. The number of nitrogens with zero attached hydrogens (tertiary/aromatic N) is 1. The van der Waals surface area contributed by atoms with Crippen LogP contribution in [-0.2, 0) is 22.2 Å². The molecule has 0 spiro atoms. The number of nitrogens with one attached hydrogen (secondary N) is 2. The van der Waals surface area contributed by atoms with Crippen LogP contribution in [0.1, 0.15) is 16.8 Å². The van der Waals surface area contributed by atoms with Crippen molar-refractivity contribution >= 4 is 10.0 Å². The average Bonchev–Trinajstić information content (AvgIpc) is 2.85. The number of sulfonamides is 1. The Balaban J connectivity index is 1.90. The molecular weight excluding hydrogens is 262 g/mol. The molecule has 19 heavy (non-hydrogen) atoms. The first-order valence-corrected chi connectivity index (χ1v) is 7.72. The van der Waals surface area contributed by atoms with Crippen molar-refractivity contribution < 1.29 is 8.42 Å². The van der Waals surface area contributed by atoms with E-state index in [-0.39, 0.29) is 5.75 Å². The monoisotopic (exact) mass is 279 g/mol. The van der Waals surface area contributed by atoms with Crippen molar-refractivity contribution in [1.82, 2.24) is 14.9 Å². The lowest BCUT2D eigenvalue weighted by Crippen LogP contribution is -2.27. The minimum Gasteiger partial charge on any atom is -0.283 e. The SMILES string of the molecule is Cc1ccccc1CS(=O)(=O)NCCc1ccn[nH]1. The molecule has 1 heterocycles. The zero-order chi connectivity index (χ0) is 13.7. The normalized spacial score (nSPS) is 11.6. The second kappa shape index (κ2) is 5.99. The molecule has 6 heteroatoms. The van der Waals surface area contributed by atoms with Gasteiger partial charge in [-0.2, -0.15) is 5.10 Å². The predicted octanol–water partition coefficient (Wildman–Crippen LogP) is 1.38. The van der Waals surface area contributed by atoms with E-state index in [1.54, 1.807) is 6.20 Å². The third-order valence-corrected chi connectivity index (χ3v) is 4.22. The first kappa shape index (κ1) is 13.8. The van der Waals surface area contributed by atoms with Crippen molar-refractivity contribution in [2.45, 2.75) is 19.1 Å². The summed E-state index contributed by atoms with van der Waals surface area (Å²) in [5.74, 6) is 0.0165. The topological polar surface area (TPSA) is 74.8 Å². The first-order chi connectivity index (χ1) is 9.07. The Hall–Kier alpha value is -1.66. The van der Waals surface area contributed by atoms with Crippen LogP contribution in [0.2, 0.25) is 0 Å². The van der Waals surface area contributed by atoms with Gasteiger partial charge in [0.2, 0.25) is 10.0 Å². The van der Waals surface area contributed by atoms with E-state index < -0.39 is 10.0 Å². The second-order valence-corrected chi connectivity index (χ2v) is 6.22. The standard InChI is InChI=1S/C13H17N3O2S/c1-11-4-2-3-5-12(11)10-19(17,18)15-9-7-13-6-8-14-16-13/h2-6,8,15H,7,9-10H2,1H3,(H,14,16). The summed E-state index contributed by atoms with van der Waals surface area (Å²) in [6.07, 6.45) is 2.25. The van der Waals surface area contributed by atoms with Crippen molar-refractivity contribution in [2.75, 3.05) is 6.54 Å². The van der Waals surface area contributed by atoms with Gasteiger partial charge in [-0.25, -0.2) is 13.1 Å². The highest BCUT2D eigenvalue weighted by Gasteiger charge is 2.12. The summed E-state index contributed by atoms with van der Waals surface area (Å²) in [6.45, 7) is 2.28. The fourth-order valence-corrected chi connectivity index (χ4v) is 3.04. The quantitative estimate of drug-likeness (QED) is 0.839. The minimum atomic E-state index is -3.29. The molecule has 2 rings (SSSR count). The van der Waals surface area contributed by atoms with Gasteiger partial charge >= 0.3 is 0 Å². The molecule has 0 amide bonds. The Labute approximate surface area is 113 Å². The van der Waals surface area contributed by atoms with Crippen molar-refractivity contribution in [2.24, 2.45) is 0 Å². The lowest BCUT2D eigenvalue weighted by atomic mass is 10.1. The van der Waals surface area contributed by atoms with E-state index in [1.807, 2.05) is 37.3 Å². The van der Waals surface area contributed by atoms with Crippen molar-refractivity contribution in [3.05, 3.63) is 53.3 Å². The summed E-state index contributed by atoms with van der Waals surface area (Å²) in [5.41, 5.74) is 2.73. The average molecular weight is 279 g/mol. The summed E-state index contributed by atoms with van der Waals surface area (Å²) >= 11 is 0. The van der Waals surface area contributed by atoms with Crippen LogP contribution in [0.3, 0.4) is 0 Å². The van der Waals surface area contributed by atoms with E-state index in [4.69, 9.17) is 0 Å². The van der Waals surface area contributed by atoms with Crippen molar-refractivity contribution in [1.29, 1.82) is 0 Å². The van der Waals surface area contributed by atoms with E-state index >= 15 is 0 Å². The van der Waals surface area contributed by atoms with Gasteiger partial charge in [0.25, 0.3) is 0 Å². The molecule has 2 N–H and O–H groups in total. The lowest BCUT2D eigenvalue weighted by Gasteiger charge is -2.08. The summed E-state index contributed by atoms with van der Waals surface area (Å²) < 4.78 is 26.5. The van der Waals surface area contributed by atoms with Gasteiger partial charge in [-0.1, -0.05) is 24.3 Å². The molecule has 1 aromatic carbocycles. The van der Waals surface area contributed by atoms with Crippen LogP contribution in [0.4, 0.5) is 0 Å². The van der Waals surface area contributed by atoms with Crippen LogP contribution in [0.15, 0.2) is 36.5 Å². The van der Waals surface area contributed by atoms with E-state index in [9.17, 15) is 8.42 Å². The van der Waals surface area contributed by atoms with Crippen LogP contribution in [0.5, 0.6) is 0 Å². The number of benzene rings is 1. The second-order valence-electron chi connectivity index (χ2n) is 4.41. The largest absolute Gasteiger partial charge is 0.283 e. The van der Waals surface area contributed by atoms with Gasteiger partial charge in [0.1, 0.15) is 0 Å². The number of aryl methyl sites for hydroxylation is 1. The van der Waals surface area contributed by atoms with Gasteiger partial charge in [0.05, 0.1) is 5.75 Å². The van der Waals surface area contributed by atoms with Crippen LogP contribution < -0.4 is 4.72 Å². The summed E-state index contributed by atoms with van der Waals surface area (Å²) in [4.78, 5) is 0. The van der Waals surface area contributed by atoms with Gasteiger partial charge in [0.15, 0.2) is 0 Å². The van der Waals surface area contributed by atoms with Gasteiger partial charge in [-0.3, -0.25) is 5.10 Å². The maximum atomic E-state index is 11.9. The molecule has 0 aliphatic rings. The molecular formula is C13H17N3O2S. The van der Waals surface area contributed by atoms with E-state index in [0.717, 1.165) is 16.8 Å². The molecule has 0 saturated carbocycles.